The maximum Gasteiger partial charge on any atom is 0.342 e. The van der Waals surface area contributed by atoms with E-state index in [2.05, 4.69) is 0 Å². The Labute approximate surface area is 222 Å². The van der Waals surface area contributed by atoms with Crippen LogP contribution in [-0.4, -0.2) is 40.1 Å². The highest BCUT2D eigenvalue weighted by atomic mass is 16.5. The number of cyclic esters (lactones) is 1. The number of aliphatic imine (C=N–C) groups is 1. The first-order chi connectivity index (χ1) is 17.5. The summed E-state index contributed by atoms with van der Waals surface area (Å²) in [6, 6.07) is 22.9. The van der Waals surface area contributed by atoms with Gasteiger partial charge in [0.25, 0.3) is 0 Å². The van der Waals surface area contributed by atoms with E-state index in [4.69, 9.17) is 9.73 Å². The van der Waals surface area contributed by atoms with Gasteiger partial charge in [-0.1, -0.05) is 85.8 Å². The molecule has 0 saturated heterocycles. The van der Waals surface area contributed by atoms with E-state index in [1.54, 1.807) is 24.3 Å². The van der Waals surface area contributed by atoms with Gasteiger partial charge < -0.3 is 20.8 Å². The van der Waals surface area contributed by atoms with Gasteiger partial charge in [-0.3, -0.25) is 4.79 Å². The molecule has 3 aromatic carbocycles. The maximum atomic E-state index is 12.9. The number of phenolic OH excluding ortho intramolecular Hbond substituents is 1. The van der Waals surface area contributed by atoms with Gasteiger partial charge in [0.2, 0.25) is 0 Å². The third-order valence-electron chi connectivity index (χ3n) is 5.85. The third kappa shape index (κ3) is 7.83. The van der Waals surface area contributed by atoms with Crippen LogP contribution in [0.25, 0.3) is 6.08 Å². The largest absolute Gasteiger partial charge is 0.507 e. The van der Waals surface area contributed by atoms with Crippen LogP contribution in [0.3, 0.4) is 0 Å². The number of ether oxygens (including phenoxy) is 1. The first-order valence-corrected chi connectivity index (χ1v) is 12.1. The highest BCUT2D eigenvalue weighted by molar-refractivity contribution is 6.14. The molecule has 7 nitrogen and oxygen atoms in total. The second kappa shape index (κ2) is 14.4. The second-order valence-corrected chi connectivity index (χ2v) is 8.82. The van der Waals surface area contributed by atoms with E-state index in [0.717, 1.165) is 16.8 Å². The number of allylic oxidation sites excluding steroid dienone is 2. The van der Waals surface area contributed by atoms with Crippen LogP contribution in [0.1, 0.15) is 53.2 Å². The SMILES string of the molecule is C[C@@H]1/C=C\C(=O)CCC/C=C/c2cc(N=C(c3ccccc3)c3ccccc3)cc(O)c2C(=O)OC1.O.O. The lowest BCUT2D eigenvalue weighted by atomic mass is 10.0. The Bertz CT molecular complexity index is 1270. The first-order valence-electron chi connectivity index (χ1n) is 12.1. The molecule has 1 aliphatic heterocycles. The first kappa shape index (κ1) is 29.9. The van der Waals surface area contributed by atoms with Gasteiger partial charge in [0.05, 0.1) is 18.0 Å². The topological polar surface area (TPSA) is 139 Å². The third-order valence-corrected chi connectivity index (χ3v) is 5.85. The van der Waals surface area contributed by atoms with Crippen molar-refractivity contribution in [3.8, 4) is 5.75 Å². The molecule has 1 heterocycles. The van der Waals surface area contributed by atoms with Gasteiger partial charge in [-0.2, -0.15) is 0 Å². The van der Waals surface area contributed by atoms with Crippen molar-refractivity contribution >= 4 is 29.2 Å². The number of nitrogens with zero attached hydrogens (tertiary/aromatic N) is 1. The minimum absolute atomic E-state index is 0. The molecule has 0 unspecified atom stereocenters. The van der Waals surface area contributed by atoms with E-state index in [1.807, 2.05) is 73.7 Å². The van der Waals surface area contributed by atoms with E-state index in [0.29, 0.717) is 30.5 Å². The Morgan fingerprint density at radius 3 is 2.18 bits per heavy atom. The van der Waals surface area contributed by atoms with Crippen molar-refractivity contribution in [1.29, 1.82) is 0 Å². The van der Waals surface area contributed by atoms with Crippen molar-refractivity contribution in [2.75, 3.05) is 6.61 Å². The standard InChI is InChI=1S/C31H29NO4.2H2O/c1-22-17-18-27(33)16-10-4-9-15-25-19-26(20-28(34)29(25)31(35)36-21-22)32-30(23-11-5-2-6-12-23)24-13-7-3-8-14-24;;/h2-3,5-9,11-15,17-20,22,34H,4,10,16,21H2,1H3;2*1H2/b15-9+,18-17-;;/t22-;;/m1../s1. The molecule has 7 heteroatoms. The van der Waals surface area contributed by atoms with Gasteiger partial charge in [-0.05, 0) is 30.5 Å². The molecule has 0 aromatic heterocycles. The number of phenols is 1. The zero-order valence-corrected chi connectivity index (χ0v) is 21.3. The number of esters is 1. The lowest BCUT2D eigenvalue weighted by Crippen LogP contribution is -2.13. The molecule has 0 saturated carbocycles. The molecule has 5 N–H and O–H groups in total. The van der Waals surface area contributed by atoms with E-state index < -0.39 is 5.97 Å². The molecule has 1 aliphatic rings. The van der Waals surface area contributed by atoms with Crippen molar-refractivity contribution < 1.29 is 30.4 Å². The fraction of sp³-hybridized carbons (Fsp3) is 0.194. The van der Waals surface area contributed by atoms with Gasteiger partial charge in [0.15, 0.2) is 5.78 Å². The summed E-state index contributed by atoms with van der Waals surface area (Å²) in [5.74, 6) is -0.864. The van der Waals surface area contributed by atoms with Crippen LogP contribution in [0.4, 0.5) is 5.69 Å². The average molecular weight is 516 g/mol. The van der Waals surface area contributed by atoms with Gasteiger partial charge in [0.1, 0.15) is 11.3 Å². The molecular weight excluding hydrogens is 482 g/mol. The molecule has 198 valence electrons. The number of ketones is 1. The minimum atomic E-state index is -0.613. The lowest BCUT2D eigenvalue weighted by molar-refractivity contribution is -0.114. The monoisotopic (exact) mass is 515 g/mol. The van der Waals surface area contributed by atoms with Crippen molar-refractivity contribution in [2.45, 2.75) is 26.2 Å². The molecule has 1 atom stereocenters. The molecule has 0 fully saturated rings. The van der Waals surface area contributed by atoms with Crippen molar-refractivity contribution in [3.05, 3.63) is 113 Å². The van der Waals surface area contributed by atoms with Gasteiger partial charge in [-0.25, -0.2) is 9.79 Å². The molecule has 0 amide bonds. The van der Waals surface area contributed by atoms with Crippen molar-refractivity contribution in [3.63, 3.8) is 0 Å². The van der Waals surface area contributed by atoms with Gasteiger partial charge in [0, 0.05) is 29.5 Å². The molecule has 3 aromatic rings. The van der Waals surface area contributed by atoms with Crippen LogP contribution in [0.15, 0.2) is 96.0 Å². The Hall–Kier alpha value is -4.33. The number of hydrogen-bond acceptors (Lipinski definition) is 5. The summed E-state index contributed by atoms with van der Waals surface area (Å²) in [4.78, 5) is 29.8. The summed E-state index contributed by atoms with van der Waals surface area (Å²) < 4.78 is 5.47. The van der Waals surface area contributed by atoms with Crippen LogP contribution in [0.5, 0.6) is 5.75 Å². The minimum Gasteiger partial charge on any atom is -0.507 e. The van der Waals surface area contributed by atoms with E-state index >= 15 is 0 Å². The normalized spacial score (nSPS) is 17.3. The summed E-state index contributed by atoms with van der Waals surface area (Å²) in [6.07, 6.45) is 8.81. The van der Waals surface area contributed by atoms with Crippen LogP contribution in [0, 0.1) is 5.92 Å². The summed E-state index contributed by atoms with van der Waals surface area (Å²) in [5, 5.41) is 10.9. The number of benzene rings is 3. The number of fused-ring (bicyclic) bond motifs is 1. The predicted octanol–water partition coefficient (Wildman–Crippen LogP) is 5.03. The maximum absolute atomic E-state index is 12.9. The molecule has 38 heavy (non-hydrogen) atoms. The van der Waals surface area contributed by atoms with Crippen LogP contribution < -0.4 is 0 Å². The van der Waals surface area contributed by atoms with E-state index in [9.17, 15) is 14.7 Å². The number of carbonyl (C=O) groups excluding carboxylic acids is 2. The second-order valence-electron chi connectivity index (χ2n) is 8.82. The van der Waals surface area contributed by atoms with E-state index in [1.165, 1.54) is 6.07 Å². The average Bonchev–Trinajstić information content (AvgIpc) is 2.89. The molecule has 0 aliphatic carbocycles. The molecular formula is C31H33NO6. The Kier molecular flexibility index (Phi) is 11.3. The van der Waals surface area contributed by atoms with E-state index in [-0.39, 0.29) is 40.6 Å². The number of aromatic hydroxyl groups is 1. The Morgan fingerprint density at radius 2 is 1.55 bits per heavy atom. The molecule has 0 spiro atoms. The van der Waals surface area contributed by atoms with Crippen LogP contribution in [-0.2, 0) is 9.53 Å². The van der Waals surface area contributed by atoms with Gasteiger partial charge in [-0.15, -0.1) is 0 Å². The highest BCUT2D eigenvalue weighted by Gasteiger charge is 2.20. The Morgan fingerprint density at radius 1 is 0.921 bits per heavy atom. The lowest BCUT2D eigenvalue weighted by Gasteiger charge is -2.13. The quantitative estimate of drug-likeness (QED) is 0.386. The fourth-order valence-electron chi connectivity index (χ4n) is 3.96. The summed E-state index contributed by atoms with van der Waals surface area (Å²) >= 11 is 0. The zero-order chi connectivity index (χ0) is 25.3. The smallest absolute Gasteiger partial charge is 0.342 e. The number of carbonyl (C=O) groups is 2. The Balaban J connectivity index is 0.00000253. The summed E-state index contributed by atoms with van der Waals surface area (Å²) in [7, 11) is 0. The van der Waals surface area contributed by atoms with Crippen molar-refractivity contribution in [2.24, 2.45) is 10.9 Å². The summed E-state index contributed by atoms with van der Waals surface area (Å²) in [6.45, 7) is 1.98. The number of hydrogen-bond donors (Lipinski definition) is 1. The predicted molar refractivity (Wildman–Crippen MR) is 150 cm³/mol. The summed E-state index contributed by atoms with van der Waals surface area (Å²) in [5.41, 5.74) is 3.76. The molecule has 0 radical (unpaired) electrons. The van der Waals surface area contributed by atoms with Gasteiger partial charge >= 0.3 is 5.97 Å². The van der Waals surface area contributed by atoms with Crippen LogP contribution >= 0.6 is 0 Å². The zero-order valence-electron chi connectivity index (χ0n) is 21.3. The number of rotatable bonds is 3. The molecule has 0 bridgehead atoms. The molecule has 4 rings (SSSR count). The van der Waals surface area contributed by atoms with Crippen LogP contribution in [0.2, 0.25) is 0 Å². The highest BCUT2D eigenvalue weighted by Crippen LogP contribution is 2.31. The van der Waals surface area contributed by atoms with Crippen molar-refractivity contribution in [1.82, 2.24) is 0 Å². The fourth-order valence-corrected chi connectivity index (χ4v) is 3.96.